The largest absolute Gasteiger partial charge is 0.490 e. The second-order valence-corrected chi connectivity index (χ2v) is 8.35. The first-order valence-corrected chi connectivity index (χ1v) is 9.72. The molecule has 0 aliphatic carbocycles. The topological polar surface area (TPSA) is 230 Å². The fourth-order valence-corrected chi connectivity index (χ4v) is 4.37. The third-order valence-corrected chi connectivity index (χ3v) is 5.96. The van der Waals surface area contributed by atoms with Gasteiger partial charge in [0, 0.05) is 0 Å². The van der Waals surface area contributed by atoms with Crippen molar-refractivity contribution in [3.63, 3.8) is 0 Å². The molecule has 1 fully saturated rings. The van der Waals surface area contributed by atoms with E-state index < -0.39 is 54.7 Å². The van der Waals surface area contributed by atoms with Gasteiger partial charge in [-0.2, -0.15) is 8.62 Å². The van der Waals surface area contributed by atoms with Gasteiger partial charge in [0.1, 0.15) is 18.3 Å². The van der Waals surface area contributed by atoms with Crippen LogP contribution in [-0.2, 0) is 31.6 Å². The van der Waals surface area contributed by atoms with Gasteiger partial charge in [-0.15, -0.1) is 0 Å². The molecule has 132 valence electrons. The highest BCUT2D eigenvalue weighted by Crippen LogP contribution is 2.66. The fourth-order valence-electron chi connectivity index (χ4n) is 1.34. The molecule has 17 heteroatoms. The monoisotopic (exact) mass is 390 g/mol. The van der Waals surface area contributed by atoms with E-state index in [-0.39, 0.29) is 0 Å². The first kappa shape index (κ1) is 20.3. The molecule has 4 unspecified atom stereocenters. The summed E-state index contributed by atoms with van der Waals surface area (Å²) in [6.07, 6.45) is -6.67. The number of ether oxygens (including phenoxy) is 1. The van der Waals surface area contributed by atoms with Gasteiger partial charge in [0.15, 0.2) is 6.29 Å². The van der Waals surface area contributed by atoms with Gasteiger partial charge >= 0.3 is 23.5 Å². The Morgan fingerprint density at radius 2 is 1.41 bits per heavy atom. The summed E-state index contributed by atoms with van der Waals surface area (Å²) in [5, 5.41) is 27.5. The Bertz CT molecular complexity index is 527. The van der Waals surface area contributed by atoms with Gasteiger partial charge in [0.2, 0.25) is 0 Å². The maximum Gasteiger partial charge on any atom is 0.490 e. The molecule has 1 rings (SSSR count). The number of aliphatic hydroxyl groups excluding tert-OH is 3. The smallest absolute Gasteiger partial charge is 0.387 e. The zero-order valence-corrected chi connectivity index (χ0v) is 13.0. The first-order valence-electron chi connectivity index (χ1n) is 5.20. The lowest BCUT2D eigenvalue weighted by Crippen LogP contribution is -2.34. The Labute approximate surface area is 122 Å². The lowest BCUT2D eigenvalue weighted by atomic mass is 10.1. The lowest BCUT2D eigenvalue weighted by Gasteiger charge is -2.18. The van der Waals surface area contributed by atoms with Gasteiger partial charge in [-0.1, -0.05) is 0 Å². The molecule has 1 aliphatic heterocycles. The van der Waals surface area contributed by atoms with E-state index in [2.05, 4.69) is 17.9 Å². The number of hydrogen-bond acceptors (Lipinski definition) is 10. The van der Waals surface area contributed by atoms with Crippen LogP contribution in [0.15, 0.2) is 0 Å². The molecule has 1 heterocycles. The van der Waals surface area contributed by atoms with E-state index in [1.54, 1.807) is 0 Å². The molecule has 0 amide bonds. The highest BCUT2D eigenvalue weighted by Gasteiger charge is 2.45. The van der Waals surface area contributed by atoms with E-state index in [1.165, 1.54) is 0 Å². The van der Waals surface area contributed by atoms with Gasteiger partial charge in [0.05, 0.1) is 6.61 Å². The standard InChI is InChI=1S/C5H13O14P3/c6-3-2(17-5(8)4(3)7)1-16-21(12,13)19-22(14,15)18-20(9,10)11/h2-8H,1H2,(H,12,13)(H,14,15)(H2,9,10,11)/t2?,3-,4-,5?/m1/s1. The Hall–Kier alpha value is 0.250. The molecule has 1 saturated heterocycles. The maximum absolute atomic E-state index is 11.3. The maximum atomic E-state index is 11.3. The number of phosphoric acid groups is 3. The minimum Gasteiger partial charge on any atom is -0.387 e. The summed E-state index contributed by atoms with van der Waals surface area (Å²) in [6, 6.07) is 0. The lowest BCUT2D eigenvalue weighted by molar-refractivity contribution is -0.132. The number of phosphoric ester groups is 1. The van der Waals surface area contributed by atoms with Crippen LogP contribution >= 0.6 is 23.5 Å². The minimum atomic E-state index is -5.64. The summed E-state index contributed by atoms with van der Waals surface area (Å²) in [5.41, 5.74) is 0. The van der Waals surface area contributed by atoms with Crippen molar-refractivity contribution in [2.75, 3.05) is 6.61 Å². The molecule has 0 bridgehead atoms. The van der Waals surface area contributed by atoms with Crippen LogP contribution in [0.3, 0.4) is 0 Å². The summed E-state index contributed by atoms with van der Waals surface area (Å²) < 4.78 is 48.3. The Morgan fingerprint density at radius 1 is 0.864 bits per heavy atom. The van der Waals surface area contributed by atoms with Crippen molar-refractivity contribution in [2.45, 2.75) is 24.6 Å². The predicted octanol–water partition coefficient (Wildman–Crippen LogP) is -2.23. The second-order valence-electron chi connectivity index (χ2n) is 3.93. The number of hydrogen-bond donors (Lipinski definition) is 7. The zero-order chi connectivity index (χ0) is 17.3. The molecule has 0 aromatic rings. The van der Waals surface area contributed by atoms with Crippen LogP contribution in [0.25, 0.3) is 0 Å². The van der Waals surface area contributed by atoms with E-state index in [0.717, 1.165) is 0 Å². The van der Waals surface area contributed by atoms with Crippen molar-refractivity contribution in [3.05, 3.63) is 0 Å². The summed E-state index contributed by atoms with van der Waals surface area (Å²) in [5.74, 6) is 0. The number of rotatable bonds is 7. The molecule has 14 nitrogen and oxygen atoms in total. The van der Waals surface area contributed by atoms with E-state index in [9.17, 15) is 18.8 Å². The minimum absolute atomic E-state index is 0.973. The molecule has 0 aromatic heterocycles. The van der Waals surface area contributed by atoms with Crippen molar-refractivity contribution in [3.8, 4) is 0 Å². The highest BCUT2D eigenvalue weighted by atomic mass is 31.3. The molecule has 7 N–H and O–H groups in total. The molecule has 0 saturated carbocycles. The average Bonchev–Trinajstić information content (AvgIpc) is 2.49. The first-order chi connectivity index (χ1) is 9.72. The van der Waals surface area contributed by atoms with Gasteiger partial charge in [-0.25, -0.2) is 13.7 Å². The van der Waals surface area contributed by atoms with Crippen molar-refractivity contribution in [1.82, 2.24) is 0 Å². The zero-order valence-electron chi connectivity index (χ0n) is 10.3. The summed E-state index contributed by atoms with van der Waals surface area (Å²) in [6.45, 7) is -0.973. The van der Waals surface area contributed by atoms with Crippen LogP contribution in [0.5, 0.6) is 0 Å². The van der Waals surface area contributed by atoms with Crippen molar-refractivity contribution < 1.29 is 66.5 Å². The van der Waals surface area contributed by atoms with Gasteiger partial charge < -0.3 is 39.6 Å². The van der Waals surface area contributed by atoms with E-state index in [4.69, 9.17) is 29.8 Å². The Balaban J connectivity index is 2.60. The predicted molar refractivity (Wildman–Crippen MR) is 62.7 cm³/mol. The van der Waals surface area contributed by atoms with Crippen LogP contribution in [0, 0.1) is 0 Å². The summed E-state index contributed by atoms with van der Waals surface area (Å²) in [7, 11) is -16.5. The van der Waals surface area contributed by atoms with E-state index in [1.807, 2.05) is 0 Å². The second kappa shape index (κ2) is 7.01. The van der Waals surface area contributed by atoms with E-state index >= 15 is 0 Å². The van der Waals surface area contributed by atoms with E-state index in [0.29, 0.717) is 0 Å². The molecule has 6 atom stereocenters. The van der Waals surface area contributed by atoms with Crippen molar-refractivity contribution in [1.29, 1.82) is 0 Å². The molecule has 22 heavy (non-hydrogen) atoms. The summed E-state index contributed by atoms with van der Waals surface area (Å²) >= 11 is 0. The van der Waals surface area contributed by atoms with Crippen molar-refractivity contribution in [2.24, 2.45) is 0 Å². The van der Waals surface area contributed by atoms with Crippen molar-refractivity contribution >= 4 is 23.5 Å². The van der Waals surface area contributed by atoms with Crippen LogP contribution in [-0.4, -0.2) is 66.1 Å². The number of aliphatic hydroxyl groups is 3. The molecule has 0 spiro atoms. The SMILES string of the molecule is O=P(O)(O)OP(=O)(O)OP(=O)(O)OCC1OC(O)[C@H](O)[C@@H]1O. The average molecular weight is 390 g/mol. The molecular weight excluding hydrogens is 377 g/mol. The van der Waals surface area contributed by atoms with Crippen LogP contribution < -0.4 is 0 Å². The Morgan fingerprint density at radius 3 is 1.82 bits per heavy atom. The van der Waals surface area contributed by atoms with Gasteiger partial charge in [-0.05, 0) is 0 Å². The molecule has 1 aliphatic rings. The fraction of sp³-hybridized carbons (Fsp3) is 1.00. The molecule has 0 aromatic carbocycles. The molecular formula is C5H13O14P3. The third-order valence-electron chi connectivity index (χ3n) is 2.16. The van der Waals surface area contributed by atoms with Gasteiger partial charge in [0.25, 0.3) is 0 Å². The highest BCUT2D eigenvalue weighted by molar-refractivity contribution is 7.66. The van der Waals surface area contributed by atoms with Gasteiger partial charge in [-0.3, -0.25) is 4.52 Å². The van der Waals surface area contributed by atoms with Crippen LogP contribution in [0.4, 0.5) is 0 Å². The Kier molecular flexibility index (Phi) is 6.47. The van der Waals surface area contributed by atoms with Crippen LogP contribution in [0.2, 0.25) is 0 Å². The quantitative estimate of drug-likeness (QED) is 0.228. The summed E-state index contributed by atoms with van der Waals surface area (Å²) in [4.78, 5) is 34.6. The van der Waals surface area contributed by atoms with Crippen LogP contribution in [0.1, 0.15) is 0 Å². The molecule has 0 radical (unpaired) electrons. The normalized spacial score (nSPS) is 35.0. The third kappa shape index (κ3) is 6.40.